The molecule has 0 aliphatic heterocycles. The second kappa shape index (κ2) is 9.22. The molecule has 3 heterocycles. The van der Waals surface area contributed by atoms with Crippen LogP contribution >= 0.6 is 34.4 Å². The van der Waals surface area contributed by atoms with Gasteiger partial charge in [-0.25, -0.2) is 4.98 Å². The van der Waals surface area contributed by atoms with Gasteiger partial charge in [0.25, 0.3) is 5.56 Å². The molecule has 0 spiro atoms. The summed E-state index contributed by atoms with van der Waals surface area (Å²) >= 11 is 4.24. The Kier molecular flexibility index (Phi) is 6.56. The molecule has 0 unspecified atom stereocenters. The number of aromatic nitrogens is 2. The molecule has 1 aliphatic rings. The van der Waals surface area contributed by atoms with Crippen molar-refractivity contribution in [1.29, 1.82) is 5.26 Å². The number of carbonyl (C=O) groups excluding carboxylic acids is 1. The van der Waals surface area contributed by atoms with Crippen LogP contribution < -0.4 is 10.9 Å². The van der Waals surface area contributed by atoms with E-state index in [1.807, 2.05) is 13.8 Å². The molecule has 3 aromatic heterocycles. The highest BCUT2D eigenvalue weighted by Gasteiger charge is 2.25. The molecule has 166 valence electrons. The molecule has 32 heavy (non-hydrogen) atoms. The summed E-state index contributed by atoms with van der Waals surface area (Å²) in [5, 5.41) is 14.1. The highest BCUT2D eigenvalue weighted by molar-refractivity contribution is 7.99. The Labute approximate surface area is 199 Å². The van der Waals surface area contributed by atoms with Gasteiger partial charge in [-0.3, -0.25) is 14.2 Å². The molecule has 1 amide bonds. The van der Waals surface area contributed by atoms with Crippen molar-refractivity contribution in [2.45, 2.75) is 51.7 Å². The van der Waals surface area contributed by atoms with Gasteiger partial charge in [-0.1, -0.05) is 24.8 Å². The molecule has 0 fully saturated rings. The smallest absolute Gasteiger partial charge is 0.263 e. The van der Waals surface area contributed by atoms with Gasteiger partial charge in [0.05, 0.1) is 16.7 Å². The van der Waals surface area contributed by atoms with Gasteiger partial charge < -0.3 is 5.32 Å². The van der Waals surface area contributed by atoms with E-state index < -0.39 is 0 Å². The highest BCUT2D eigenvalue weighted by Crippen LogP contribution is 2.37. The van der Waals surface area contributed by atoms with E-state index >= 15 is 0 Å². The minimum atomic E-state index is -0.230. The summed E-state index contributed by atoms with van der Waals surface area (Å²) in [6, 6.07) is 2.17. The summed E-state index contributed by atoms with van der Waals surface area (Å²) < 4.78 is 1.61. The van der Waals surface area contributed by atoms with E-state index in [2.05, 4.69) is 24.9 Å². The molecule has 1 aliphatic carbocycles. The fourth-order valence-corrected chi connectivity index (χ4v) is 7.21. The average molecular weight is 485 g/mol. The van der Waals surface area contributed by atoms with Crippen LogP contribution in [0.5, 0.6) is 0 Å². The molecule has 3 aromatic rings. The van der Waals surface area contributed by atoms with E-state index in [4.69, 9.17) is 4.98 Å². The maximum Gasteiger partial charge on any atom is 0.263 e. The van der Waals surface area contributed by atoms with Crippen molar-refractivity contribution in [1.82, 2.24) is 9.55 Å². The topological polar surface area (TPSA) is 87.8 Å². The zero-order valence-electron chi connectivity index (χ0n) is 18.3. The number of thioether (sulfide) groups is 1. The van der Waals surface area contributed by atoms with Gasteiger partial charge in [-0.15, -0.1) is 29.3 Å². The van der Waals surface area contributed by atoms with Crippen LogP contribution in [-0.4, -0.2) is 21.2 Å². The first-order valence-corrected chi connectivity index (χ1v) is 13.0. The lowest BCUT2D eigenvalue weighted by atomic mass is 9.89. The van der Waals surface area contributed by atoms with Gasteiger partial charge in [-0.05, 0) is 50.2 Å². The Balaban J connectivity index is 1.61. The molecule has 6 nitrogen and oxygen atoms in total. The number of aryl methyl sites for hydroxylation is 2. The van der Waals surface area contributed by atoms with Gasteiger partial charge >= 0.3 is 0 Å². The second-order valence-corrected chi connectivity index (χ2v) is 11.3. The van der Waals surface area contributed by atoms with E-state index in [1.54, 1.807) is 22.0 Å². The van der Waals surface area contributed by atoms with Gasteiger partial charge in [0.15, 0.2) is 5.16 Å². The molecule has 9 heteroatoms. The Morgan fingerprint density at radius 3 is 2.94 bits per heavy atom. The number of rotatable bonds is 6. The van der Waals surface area contributed by atoms with E-state index in [9.17, 15) is 14.9 Å². The third-order valence-corrected chi connectivity index (χ3v) is 9.02. The van der Waals surface area contributed by atoms with Crippen LogP contribution in [0.1, 0.15) is 39.8 Å². The molecular weight excluding hydrogens is 460 g/mol. The summed E-state index contributed by atoms with van der Waals surface area (Å²) in [5.74, 6) is 0.482. The van der Waals surface area contributed by atoms with Crippen LogP contribution in [0.4, 0.5) is 5.00 Å². The van der Waals surface area contributed by atoms with E-state index in [0.29, 0.717) is 28.2 Å². The number of anilines is 1. The first kappa shape index (κ1) is 22.8. The van der Waals surface area contributed by atoms with Crippen LogP contribution in [0.25, 0.3) is 10.2 Å². The second-order valence-electron chi connectivity index (χ2n) is 8.07. The van der Waals surface area contributed by atoms with Crippen molar-refractivity contribution in [2.75, 3.05) is 11.1 Å². The third kappa shape index (κ3) is 4.15. The summed E-state index contributed by atoms with van der Waals surface area (Å²) in [6.07, 6.45) is 4.67. The summed E-state index contributed by atoms with van der Waals surface area (Å²) in [5.41, 5.74) is 2.50. The maximum atomic E-state index is 13.3. The Morgan fingerprint density at radius 2 is 2.22 bits per heavy atom. The monoisotopic (exact) mass is 484 g/mol. The molecule has 1 atom stereocenters. The lowest BCUT2D eigenvalue weighted by molar-refractivity contribution is -0.113. The molecular formula is C23H24N4O2S3. The Bertz CT molecular complexity index is 1330. The largest absolute Gasteiger partial charge is 0.316 e. The SMILES string of the molecule is C=CCn1c(SCC(=O)Nc2sc(C)c(C)c2C#N)nc2sc3c(c2c1=O)CC[C@@H](C)C3. The number of amides is 1. The fraction of sp³-hybridized carbons (Fsp3) is 0.391. The van der Waals surface area contributed by atoms with Crippen LogP contribution in [0, 0.1) is 31.1 Å². The fourth-order valence-electron chi connectivity index (χ4n) is 3.95. The lowest BCUT2D eigenvalue weighted by Gasteiger charge is -2.17. The van der Waals surface area contributed by atoms with Gasteiger partial charge in [0, 0.05) is 16.3 Å². The summed E-state index contributed by atoms with van der Waals surface area (Å²) in [6.45, 7) is 10.2. The number of nitrogens with zero attached hydrogens (tertiary/aromatic N) is 3. The number of carbonyl (C=O) groups is 1. The average Bonchev–Trinajstić information content (AvgIpc) is 3.24. The predicted octanol–water partition coefficient (Wildman–Crippen LogP) is 5.05. The maximum absolute atomic E-state index is 13.3. The standard InChI is InChI=1S/C23H24N4O2S3/c1-5-8-27-22(29)19-15-7-6-12(2)9-17(15)32-21(19)26-23(27)30-11-18(28)25-20-16(10-24)13(3)14(4)31-20/h5,12H,1,6-9,11H2,2-4H3,(H,25,28)/t12-/m1/s1. The lowest BCUT2D eigenvalue weighted by Crippen LogP contribution is -2.24. The summed E-state index contributed by atoms with van der Waals surface area (Å²) in [7, 11) is 0. The molecule has 0 saturated heterocycles. The van der Waals surface area contributed by atoms with Gasteiger partial charge in [0.1, 0.15) is 15.9 Å². The van der Waals surface area contributed by atoms with E-state index in [0.717, 1.165) is 45.5 Å². The van der Waals surface area contributed by atoms with Crippen molar-refractivity contribution in [3.63, 3.8) is 0 Å². The molecule has 0 aromatic carbocycles. The minimum absolute atomic E-state index is 0.0545. The number of hydrogen-bond donors (Lipinski definition) is 1. The quantitative estimate of drug-likeness (QED) is 0.300. The van der Waals surface area contributed by atoms with Gasteiger partial charge in [-0.2, -0.15) is 5.26 Å². The third-order valence-electron chi connectivity index (χ3n) is 5.77. The predicted molar refractivity (Wildman–Crippen MR) is 133 cm³/mol. The molecule has 4 rings (SSSR count). The number of nitrogens with one attached hydrogen (secondary N) is 1. The highest BCUT2D eigenvalue weighted by atomic mass is 32.2. The number of nitriles is 1. The number of hydrogen-bond acceptors (Lipinski definition) is 7. The summed E-state index contributed by atoms with van der Waals surface area (Å²) in [4.78, 5) is 33.8. The zero-order valence-corrected chi connectivity index (χ0v) is 20.7. The first-order chi connectivity index (χ1) is 15.3. The minimum Gasteiger partial charge on any atom is -0.316 e. The molecule has 0 radical (unpaired) electrons. The normalized spacial score (nSPS) is 15.4. The van der Waals surface area contributed by atoms with E-state index in [1.165, 1.54) is 28.0 Å². The number of allylic oxidation sites excluding steroid dienone is 1. The molecule has 1 N–H and O–H groups in total. The zero-order chi connectivity index (χ0) is 23.0. The van der Waals surface area contributed by atoms with Crippen LogP contribution in [0.15, 0.2) is 22.6 Å². The number of thiophene rings is 2. The van der Waals surface area contributed by atoms with E-state index in [-0.39, 0.29) is 17.2 Å². The van der Waals surface area contributed by atoms with Crippen LogP contribution in [0.2, 0.25) is 0 Å². The van der Waals surface area contributed by atoms with Crippen LogP contribution in [-0.2, 0) is 24.2 Å². The Morgan fingerprint density at radius 1 is 1.44 bits per heavy atom. The van der Waals surface area contributed by atoms with Crippen molar-refractivity contribution < 1.29 is 4.79 Å². The van der Waals surface area contributed by atoms with Crippen molar-refractivity contribution in [3.8, 4) is 6.07 Å². The molecule has 0 bridgehead atoms. The van der Waals surface area contributed by atoms with Crippen molar-refractivity contribution in [2.24, 2.45) is 5.92 Å². The first-order valence-electron chi connectivity index (χ1n) is 10.4. The van der Waals surface area contributed by atoms with Crippen molar-refractivity contribution >= 4 is 55.6 Å². The Hall–Kier alpha value is -2.41. The van der Waals surface area contributed by atoms with Gasteiger partial charge in [0.2, 0.25) is 5.91 Å². The van der Waals surface area contributed by atoms with Crippen molar-refractivity contribution in [3.05, 3.63) is 49.5 Å². The molecule has 0 saturated carbocycles. The number of fused-ring (bicyclic) bond motifs is 3. The van der Waals surface area contributed by atoms with Crippen LogP contribution in [0.3, 0.4) is 0 Å².